The van der Waals surface area contributed by atoms with E-state index in [1.54, 1.807) is 18.6 Å². The number of aromatic amines is 1. The molecule has 2 aliphatic rings. The summed E-state index contributed by atoms with van der Waals surface area (Å²) in [6, 6.07) is 3.79. The summed E-state index contributed by atoms with van der Waals surface area (Å²) < 4.78 is 0. The summed E-state index contributed by atoms with van der Waals surface area (Å²) in [6.07, 6.45) is 10.3. The van der Waals surface area contributed by atoms with E-state index in [9.17, 15) is 9.59 Å². The van der Waals surface area contributed by atoms with E-state index in [4.69, 9.17) is 9.90 Å². The molecule has 2 saturated heterocycles. The lowest BCUT2D eigenvalue weighted by atomic mass is 9.70. The molecule has 2 amide bonds. The van der Waals surface area contributed by atoms with Gasteiger partial charge in [-0.15, -0.1) is 0 Å². The maximum absolute atomic E-state index is 13.5. The van der Waals surface area contributed by atoms with Gasteiger partial charge < -0.3 is 20.3 Å². The molecule has 2 aromatic heterocycles. The van der Waals surface area contributed by atoms with Gasteiger partial charge in [0.15, 0.2) is 0 Å². The summed E-state index contributed by atoms with van der Waals surface area (Å²) in [5.41, 5.74) is 2.04. The Hall–Kier alpha value is -3.49. The number of allylic oxidation sites excluding steroid dienone is 2. The normalized spacial score (nSPS) is 22.8. The van der Waals surface area contributed by atoms with Crippen LogP contribution in [0.15, 0.2) is 42.4 Å². The third-order valence-corrected chi connectivity index (χ3v) is 6.41. The maximum Gasteiger partial charge on any atom is 0.290 e. The minimum absolute atomic E-state index is 0.0228. The number of hydrogen-bond donors (Lipinski definition) is 3. The first-order valence-electron chi connectivity index (χ1n) is 11.0. The predicted molar refractivity (Wildman–Crippen MR) is 122 cm³/mol. The second-order valence-corrected chi connectivity index (χ2v) is 8.84. The molecule has 3 atom stereocenters. The van der Waals surface area contributed by atoms with Gasteiger partial charge in [-0.05, 0) is 58.1 Å². The fourth-order valence-electron chi connectivity index (χ4n) is 4.96. The van der Waals surface area contributed by atoms with Gasteiger partial charge in [0, 0.05) is 31.0 Å². The van der Waals surface area contributed by atoms with Gasteiger partial charge in [-0.2, -0.15) is 0 Å². The van der Waals surface area contributed by atoms with Crippen LogP contribution < -0.4 is 5.32 Å². The lowest BCUT2D eigenvalue weighted by Gasteiger charge is -2.35. The molecule has 9 nitrogen and oxygen atoms in total. The lowest BCUT2D eigenvalue weighted by Crippen LogP contribution is -2.49. The van der Waals surface area contributed by atoms with Crippen LogP contribution in [0.4, 0.5) is 0 Å². The van der Waals surface area contributed by atoms with Crippen LogP contribution in [0.3, 0.4) is 0 Å². The number of nitrogens with zero attached hydrogens (tertiary/aromatic N) is 3. The van der Waals surface area contributed by atoms with Crippen molar-refractivity contribution in [2.24, 2.45) is 5.41 Å². The van der Waals surface area contributed by atoms with Crippen molar-refractivity contribution in [3.8, 4) is 0 Å². The van der Waals surface area contributed by atoms with E-state index in [0.29, 0.717) is 25.1 Å². The summed E-state index contributed by atoms with van der Waals surface area (Å²) in [4.78, 5) is 48.4. The first-order chi connectivity index (χ1) is 15.8. The van der Waals surface area contributed by atoms with Crippen molar-refractivity contribution in [1.29, 1.82) is 0 Å². The number of pyridine rings is 1. The number of carbonyl (C=O) groups is 3. The topological polar surface area (TPSA) is 128 Å². The lowest BCUT2D eigenvalue weighted by molar-refractivity contribution is -0.132. The highest BCUT2D eigenvalue weighted by atomic mass is 16.3. The van der Waals surface area contributed by atoms with Crippen LogP contribution in [0.5, 0.6) is 0 Å². The quantitative estimate of drug-likeness (QED) is 0.456. The number of amides is 2. The average Bonchev–Trinajstić information content (AvgIpc) is 3.50. The van der Waals surface area contributed by atoms with Crippen molar-refractivity contribution in [1.82, 2.24) is 25.2 Å². The number of aryl methyl sites for hydroxylation is 1. The number of aromatic nitrogens is 3. The molecule has 2 aromatic rings. The summed E-state index contributed by atoms with van der Waals surface area (Å²) in [6.45, 7) is 6.12. The number of nitrogens with one attached hydrogen (secondary N) is 2. The van der Waals surface area contributed by atoms with Gasteiger partial charge in [0.05, 0.1) is 11.6 Å². The van der Waals surface area contributed by atoms with Crippen LogP contribution in [0.25, 0.3) is 0 Å². The number of imidazole rings is 1. The van der Waals surface area contributed by atoms with Crippen molar-refractivity contribution in [3.05, 3.63) is 59.5 Å². The number of H-pyrrole nitrogens is 1. The Kier molecular flexibility index (Phi) is 7.63. The molecule has 0 aromatic carbocycles. The highest BCUT2D eigenvalue weighted by Crippen LogP contribution is 2.52. The molecule has 0 spiro atoms. The average molecular weight is 454 g/mol. The Morgan fingerprint density at radius 1 is 1.33 bits per heavy atom. The van der Waals surface area contributed by atoms with Crippen LogP contribution in [-0.4, -0.2) is 55.3 Å². The zero-order valence-electron chi connectivity index (χ0n) is 19.2. The van der Waals surface area contributed by atoms with Crippen LogP contribution in [0.1, 0.15) is 61.4 Å². The molecule has 0 radical (unpaired) electrons. The number of rotatable bonds is 6. The maximum atomic E-state index is 13.5. The van der Waals surface area contributed by atoms with E-state index in [-0.39, 0.29) is 30.4 Å². The molecule has 3 N–H and O–H groups in total. The molecule has 0 unspecified atom stereocenters. The summed E-state index contributed by atoms with van der Waals surface area (Å²) in [5, 5.41) is 10.0. The van der Waals surface area contributed by atoms with Crippen LogP contribution >= 0.6 is 0 Å². The van der Waals surface area contributed by atoms with E-state index in [2.05, 4.69) is 26.3 Å². The number of hydrogen-bond acceptors (Lipinski definition) is 5. The number of fused-ring (bicyclic) bond motifs is 2. The van der Waals surface area contributed by atoms with E-state index in [1.807, 2.05) is 37.8 Å². The number of carbonyl (C=O) groups excluding carboxylic acids is 2. The van der Waals surface area contributed by atoms with Crippen molar-refractivity contribution in [2.45, 2.75) is 65.1 Å². The van der Waals surface area contributed by atoms with Gasteiger partial charge >= 0.3 is 0 Å². The second-order valence-electron chi connectivity index (χ2n) is 8.84. The van der Waals surface area contributed by atoms with E-state index >= 15 is 0 Å². The van der Waals surface area contributed by atoms with Crippen molar-refractivity contribution in [2.75, 3.05) is 0 Å². The van der Waals surface area contributed by atoms with E-state index in [1.165, 1.54) is 5.57 Å². The molecular weight excluding hydrogens is 422 g/mol. The fraction of sp³-hybridized carbons (Fsp3) is 0.458. The zero-order chi connectivity index (χ0) is 24.0. The number of carboxylic acid groups (broad SMARTS) is 1. The zero-order valence-corrected chi connectivity index (χ0v) is 19.2. The monoisotopic (exact) mass is 453 g/mol. The van der Waals surface area contributed by atoms with Crippen LogP contribution in [0, 0.1) is 12.3 Å². The molecule has 4 heterocycles. The van der Waals surface area contributed by atoms with Gasteiger partial charge in [0.1, 0.15) is 11.5 Å². The minimum atomic E-state index is -0.604. The van der Waals surface area contributed by atoms with E-state index in [0.717, 1.165) is 24.2 Å². The minimum Gasteiger partial charge on any atom is -0.483 e. The molecule has 9 heteroatoms. The molecule has 2 fully saturated rings. The standard InChI is InChI=1S/C23H29N5O2.CH2O2/c1-15(2)8-9-23(22(30)26-13-17-5-4-10-24-12-17)11-18-6-7-20(23)28(18)21(29)19-14-25-16(3)27-19;2-1-3/h4-5,8,10,12,14,18,20H,6-7,9,11,13H2,1-3H3,(H,25,27)(H,26,30);1H,(H,2,3)/t18-,20+,23+;/m0./s1. The Balaban J connectivity index is 0.000000968. The molecule has 2 aliphatic heterocycles. The Morgan fingerprint density at radius 3 is 2.70 bits per heavy atom. The molecule has 0 saturated carbocycles. The Labute approximate surface area is 193 Å². The van der Waals surface area contributed by atoms with Crippen LogP contribution in [-0.2, 0) is 16.1 Å². The smallest absolute Gasteiger partial charge is 0.290 e. The third kappa shape index (κ3) is 5.13. The predicted octanol–water partition coefficient (Wildman–Crippen LogP) is 2.85. The Morgan fingerprint density at radius 2 is 2.09 bits per heavy atom. The van der Waals surface area contributed by atoms with Gasteiger partial charge in [-0.3, -0.25) is 19.4 Å². The Bertz CT molecular complexity index is 1010. The first-order valence-corrected chi connectivity index (χ1v) is 11.0. The van der Waals surface area contributed by atoms with Crippen molar-refractivity contribution in [3.63, 3.8) is 0 Å². The molecule has 2 bridgehead atoms. The summed E-state index contributed by atoms with van der Waals surface area (Å²) >= 11 is 0. The SMILES string of the molecule is CC(C)=CC[C@@]1(C(=O)NCc2cccnc2)C[C@@H]2CC[C@H]1N2C(=O)c1cnc(C)[nH]1.O=CO. The fourth-order valence-corrected chi connectivity index (χ4v) is 4.96. The first kappa shape index (κ1) is 24.2. The van der Waals surface area contributed by atoms with Crippen LogP contribution in [0.2, 0.25) is 0 Å². The molecular formula is C24H31N5O4. The highest BCUT2D eigenvalue weighted by molar-refractivity contribution is 5.95. The van der Waals surface area contributed by atoms with Gasteiger partial charge in [0.2, 0.25) is 5.91 Å². The largest absolute Gasteiger partial charge is 0.483 e. The summed E-state index contributed by atoms with van der Waals surface area (Å²) in [5.74, 6) is 0.687. The van der Waals surface area contributed by atoms with E-state index < -0.39 is 5.41 Å². The third-order valence-electron chi connectivity index (χ3n) is 6.41. The van der Waals surface area contributed by atoms with Gasteiger partial charge in [0.25, 0.3) is 12.4 Å². The summed E-state index contributed by atoms with van der Waals surface area (Å²) in [7, 11) is 0. The molecule has 176 valence electrons. The van der Waals surface area contributed by atoms with Crippen molar-refractivity contribution < 1.29 is 19.5 Å². The molecule has 4 rings (SSSR count). The molecule has 0 aliphatic carbocycles. The van der Waals surface area contributed by atoms with Crippen molar-refractivity contribution >= 4 is 18.3 Å². The highest BCUT2D eigenvalue weighted by Gasteiger charge is 2.60. The second kappa shape index (κ2) is 10.4. The molecule has 33 heavy (non-hydrogen) atoms. The van der Waals surface area contributed by atoms with Gasteiger partial charge in [-0.1, -0.05) is 17.7 Å². The van der Waals surface area contributed by atoms with Gasteiger partial charge in [-0.25, -0.2) is 4.98 Å².